The van der Waals surface area contributed by atoms with Crippen LogP contribution in [0.5, 0.6) is 17.2 Å². The van der Waals surface area contributed by atoms with Crippen LogP contribution in [0.25, 0.3) is 6.08 Å². The fourth-order valence-electron chi connectivity index (χ4n) is 4.36. The molecule has 0 radical (unpaired) electrons. The predicted octanol–water partition coefficient (Wildman–Crippen LogP) is 3.99. The van der Waals surface area contributed by atoms with E-state index in [9.17, 15) is 9.59 Å². The molecule has 0 N–H and O–H groups in total. The minimum atomic E-state index is -0.800. The molecule has 0 amide bonds. The van der Waals surface area contributed by atoms with Gasteiger partial charge in [-0.05, 0) is 64.5 Å². The van der Waals surface area contributed by atoms with Crippen LogP contribution in [-0.4, -0.2) is 37.0 Å². The zero-order valence-electron chi connectivity index (χ0n) is 22.4. The molecule has 2 aromatic carbocycles. The van der Waals surface area contributed by atoms with E-state index in [1.807, 2.05) is 63.2 Å². The van der Waals surface area contributed by atoms with Crippen molar-refractivity contribution in [3.8, 4) is 17.2 Å². The third kappa shape index (κ3) is 5.38. The van der Waals surface area contributed by atoms with Gasteiger partial charge in [0.1, 0.15) is 11.8 Å². The van der Waals surface area contributed by atoms with Gasteiger partial charge in [-0.2, -0.15) is 0 Å². The van der Waals surface area contributed by atoms with Crippen LogP contribution in [0.1, 0.15) is 51.8 Å². The van der Waals surface area contributed by atoms with Gasteiger partial charge in [-0.25, -0.2) is 9.79 Å². The summed E-state index contributed by atoms with van der Waals surface area (Å²) < 4.78 is 24.7. The van der Waals surface area contributed by atoms with Gasteiger partial charge in [0.25, 0.3) is 5.56 Å². The molecule has 1 atom stereocenters. The van der Waals surface area contributed by atoms with Gasteiger partial charge in [0, 0.05) is 5.56 Å². The summed E-state index contributed by atoms with van der Waals surface area (Å²) in [5.41, 5.74) is 1.98. The van der Waals surface area contributed by atoms with Crippen molar-refractivity contribution in [1.29, 1.82) is 0 Å². The highest BCUT2D eigenvalue weighted by molar-refractivity contribution is 7.07. The Morgan fingerprint density at radius 3 is 2.50 bits per heavy atom. The normalized spacial score (nSPS) is 15.2. The molecule has 0 fully saturated rings. The third-order valence-electron chi connectivity index (χ3n) is 5.88. The summed E-state index contributed by atoms with van der Waals surface area (Å²) in [6, 6.07) is 12.2. The number of aromatic nitrogens is 1. The maximum atomic E-state index is 13.9. The smallest absolute Gasteiger partial charge is 0.338 e. The van der Waals surface area contributed by atoms with Crippen LogP contribution in [0.3, 0.4) is 0 Å². The number of carbonyl (C=O) groups is 1. The Hall–Kier alpha value is -3.85. The fraction of sp³-hybridized carbons (Fsp3) is 0.345. The van der Waals surface area contributed by atoms with Crippen molar-refractivity contribution in [2.75, 3.05) is 20.3 Å². The minimum absolute atomic E-state index is 0.0690. The molecule has 0 bridgehead atoms. The van der Waals surface area contributed by atoms with E-state index in [1.54, 1.807) is 31.6 Å². The molecule has 1 aromatic heterocycles. The van der Waals surface area contributed by atoms with Gasteiger partial charge in [0.2, 0.25) is 0 Å². The van der Waals surface area contributed by atoms with Crippen molar-refractivity contribution >= 4 is 23.4 Å². The second-order valence-corrected chi connectivity index (χ2v) is 9.86. The van der Waals surface area contributed by atoms with Gasteiger partial charge >= 0.3 is 5.97 Å². The Balaban J connectivity index is 1.93. The van der Waals surface area contributed by atoms with Crippen LogP contribution >= 0.6 is 11.3 Å². The summed E-state index contributed by atoms with van der Waals surface area (Å²) in [6.45, 7) is 9.87. The lowest BCUT2D eigenvalue weighted by atomic mass is 9.94. The molecule has 2 heterocycles. The molecule has 0 saturated carbocycles. The summed E-state index contributed by atoms with van der Waals surface area (Å²) >= 11 is 1.27. The minimum Gasteiger partial charge on any atom is -0.493 e. The molecular weight excluding hydrogens is 504 g/mol. The van der Waals surface area contributed by atoms with E-state index >= 15 is 0 Å². The topological polar surface area (TPSA) is 88.4 Å². The van der Waals surface area contributed by atoms with Crippen molar-refractivity contribution in [3.05, 3.63) is 84.5 Å². The van der Waals surface area contributed by atoms with Crippen molar-refractivity contribution < 1.29 is 23.7 Å². The maximum Gasteiger partial charge on any atom is 0.338 e. The summed E-state index contributed by atoms with van der Waals surface area (Å²) in [5, 5.41) is 0. The molecule has 38 heavy (non-hydrogen) atoms. The quantitative estimate of drug-likeness (QED) is 0.384. The Bertz CT molecular complexity index is 1530. The Morgan fingerprint density at radius 1 is 1.13 bits per heavy atom. The molecule has 0 saturated heterocycles. The molecule has 8 nitrogen and oxygen atoms in total. The molecule has 0 aliphatic carbocycles. The molecule has 9 heteroatoms. The Labute approximate surface area is 225 Å². The van der Waals surface area contributed by atoms with Crippen molar-refractivity contribution in [1.82, 2.24) is 4.57 Å². The number of allylic oxidation sites excluding steroid dienone is 1. The summed E-state index contributed by atoms with van der Waals surface area (Å²) in [4.78, 5) is 32.2. The highest BCUT2D eigenvalue weighted by Gasteiger charge is 2.35. The zero-order valence-corrected chi connectivity index (χ0v) is 23.3. The summed E-state index contributed by atoms with van der Waals surface area (Å²) in [6.07, 6.45) is 1.89. The maximum absolute atomic E-state index is 13.9. The molecule has 4 rings (SSSR count). The van der Waals surface area contributed by atoms with Gasteiger partial charge in [-0.1, -0.05) is 35.6 Å². The van der Waals surface area contributed by atoms with Gasteiger partial charge in [-0.15, -0.1) is 0 Å². The molecule has 1 aliphatic rings. The first kappa shape index (κ1) is 27.2. The van der Waals surface area contributed by atoms with E-state index in [0.29, 0.717) is 38.7 Å². The number of ether oxygens (including phenoxy) is 4. The number of nitrogens with zero attached hydrogens (tertiary/aromatic N) is 2. The number of para-hydroxylation sites is 1. The van der Waals surface area contributed by atoms with Crippen LogP contribution in [-0.2, 0) is 9.53 Å². The van der Waals surface area contributed by atoms with Crippen LogP contribution in [0.4, 0.5) is 0 Å². The van der Waals surface area contributed by atoms with Gasteiger partial charge in [0.05, 0.1) is 42.2 Å². The lowest BCUT2D eigenvalue weighted by molar-refractivity contribution is -0.139. The largest absolute Gasteiger partial charge is 0.493 e. The number of esters is 1. The Morgan fingerprint density at radius 2 is 1.87 bits per heavy atom. The number of carbonyl (C=O) groups excluding carboxylic acids is 1. The summed E-state index contributed by atoms with van der Waals surface area (Å²) in [7, 11) is 1.55. The first-order valence-electron chi connectivity index (χ1n) is 12.5. The molecular formula is C29H32N2O6S. The van der Waals surface area contributed by atoms with E-state index in [-0.39, 0.29) is 23.8 Å². The van der Waals surface area contributed by atoms with Crippen LogP contribution in [0.2, 0.25) is 0 Å². The standard InChI is InChI=1S/C29H32N2O6S/c1-7-35-26-21(10-9-11-22(26)34-6)25-24(28(33)36-8-2)18(5)30-29-31(25)27(32)23(38-29)16-19-12-14-20(15-13-19)37-17(3)4/h9-17,25H,7-8H2,1-6H3/b23-16+/t25-/m1/s1. The SMILES string of the molecule is CCOC(=O)C1=C(C)N=c2s/c(=C/c3ccc(OC(C)C)cc3)c(=O)n2[C@@H]1c1cccc(OC)c1OCC. The second-order valence-electron chi connectivity index (χ2n) is 8.85. The lowest BCUT2D eigenvalue weighted by Gasteiger charge is -2.26. The number of fused-ring (bicyclic) bond motifs is 1. The number of benzene rings is 2. The average Bonchev–Trinajstić information content (AvgIpc) is 3.18. The van der Waals surface area contributed by atoms with E-state index in [0.717, 1.165) is 11.3 Å². The van der Waals surface area contributed by atoms with E-state index in [1.165, 1.54) is 11.3 Å². The summed E-state index contributed by atoms with van der Waals surface area (Å²) in [5.74, 6) is 1.20. The van der Waals surface area contributed by atoms with E-state index < -0.39 is 12.0 Å². The second kappa shape index (κ2) is 11.7. The van der Waals surface area contributed by atoms with Crippen LogP contribution < -0.4 is 29.1 Å². The third-order valence-corrected chi connectivity index (χ3v) is 6.86. The van der Waals surface area contributed by atoms with E-state index in [4.69, 9.17) is 18.9 Å². The molecule has 0 unspecified atom stereocenters. The van der Waals surface area contributed by atoms with Crippen molar-refractivity contribution in [2.24, 2.45) is 4.99 Å². The molecule has 200 valence electrons. The molecule has 1 aliphatic heterocycles. The number of thiazole rings is 1. The number of hydrogen-bond acceptors (Lipinski definition) is 8. The highest BCUT2D eigenvalue weighted by atomic mass is 32.1. The lowest BCUT2D eigenvalue weighted by Crippen LogP contribution is -2.40. The van der Waals surface area contributed by atoms with Crippen LogP contribution in [0, 0.1) is 0 Å². The zero-order chi connectivity index (χ0) is 27.4. The molecule has 3 aromatic rings. The number of rotatable bonds is 9. The van der Waals surface area contributed by atoms with Crippen molar-refractivity contribution in [3.63, 3.8) is 0 Å². The predicted molar refractivity (Wildman–Crippen MR) is 147 cm³/mol. The number of hydrogen-bond donors (Lipinski definition) is 0. The first-order valence-corrected chi connectivity index (χ1v) is 13.4. The monoisotopic (exact) mass is 536 g/mol. The highest BCUT2D eigenvalue weighted by Crippen LogP contribution is 2.40. The van der Waals surface area contributed by atoms with E-state index in [2.05, 4.69) is 4.99 Å². The first-order chi connectivity index (χ1) is 18.3. The average molecular weight is 537 g/mol. The molecule has 0 spiro atoms. The van der Waals surface area contributed by atoms with Gasteiger partial charge < -0.3 is 18.9 Å². The fourth-order valence-corrected chi connectivity index (χ4v) is 5.41. The van der Waals surface area contributed by atoms with Crippen molar-refractivity contribution in [2.45, 2.75) is 46.8 Å². The van der Waals surface area contributed by atoms with Crippen LogP contribution in [0.15, 0.2) is 63.5 Å². The van der Waals surface area contributed by atoms with Gasteiger partial charge in [-0.3, -0.25) is 9.36 Å². The number of methoxy groups -OCH3 is 1. The van der Waals surface area contributed by atoms with Gasteiger partial charge in [0.15, 0.2) is 16.3 Å². The Kier molecular flexibility index (Phi) is 8.36.